The van der Waals surface area contributed by atoms with Crippen LogP contribution in [-0.2, 0) is 7.05 Å². The van der Waals surface area contributed by atoms with Crippen molar-refractivity contribution in [3.05, 3.63) is 42.1 Å². The average Bonchev–Trinajstić information content (AvgIpc) is 2.80. The molecule has 4 heteroatoms. The highest BCUT2D eigenvalue weighted by Gasteiger charge is 2.06. The van der Waals surface area contributed by atoms with Gasteiger partial charge in [0.25, 0.3) is 0 Å². The molecule has 0 aliphatic carbocycles. The lowest BCUT2D eigenvalue weighted by molar-refractivity contribution is 0.602. The minimum atomic E-state index is 0.680. The average molecular weight is 271 g/mol. The van der Waals surface area contributed by atoms with Gasteiger partial charge in [0, 0.05) is 24.2 Å². The quantitative estimate of drug-likeness (QED) is 0.797. The van der Waals surface area contributed by atoms with Crippen molar-refractivity contribution in [1.82, 2.24) is 8.87 Å². The van der Waals surface area contributed by atoms with E-state index >= 15 is 0 Å². The second kappa shape index (κ2) is 5.96. The molecule has 19 heavy (non-hydrogen) atoms. The van der Waals surface area contributed by atoms with Gasteiger partial charge in [0.2, 0.25) is 0 Å². The summed E-state index contributed by atoms with van der Waals surface area (Å²) in [7, 11) is 4.00. The minimum absolute atomic E-state index is 0.680. The molecular formula is C15H17N3S. The van der Waals surface area contributed by atoms with Gasteiger partial charge < -0.3 is 4.57 Å². The fourth-order valence-electron chi connectivity index (χ4n) is 1.84. The van der Waals surface area contributed by atoms with E-state index in [2.05, 4.69) is 48.6 Å². The van der Waals surface area contributed by atoms with Crippen LogP contribution in [0.4, 0.5) is 0 Å². The van der Waals surface area contributed by atoms with Crippen LogP contribution in [0.15, 0.2) is 41.3 Å². The first-order valence-corrected chi connectivity index (χ1v) is 6.98. The number of benzene rings is 1. The van der Waals surface area contributed by atoms with Crippen LogP contribution in [0.25, 0.3) is 11.3 Å². The molecule has 0 saturated carbocycles. The van der Waals surface area contributed by atoms with Crippen LogP contribution in [0.3, 0.4) is 0 Å². The molecule has 0 spiro atoms. The molecule has 0 N–H and O–H groups in total. The van der Waals surface area contributed by atoms with E-state index in [0.717, 1.165) is 17.8 Å². The van der Waals surface area contributed by atoms with E-state index in [9.17, 15) is 0 Å². The van der Waals surface area contributed by atoms with Crippen molar-refractivity contribution in [1.29, 1.82) is 5.26 Å². The molecule has 0 aliphatic rings. The Labute approximate surface area is 118 Å². The summed E-state index contributed by atoms with van der Waals surface area (Å²) in [6, 6.07) is 14.4. The summed E-state index contributed by atoms with van der Waals surface area (Å²) in [5.41, 5.74) is 2.88. The van der Waals surface area contributed by atoms with Crippen LogP contribution in [-0.4, -0.2) is 22.5 Å². The Morgan fingerprint density at radius 1 is 1.21 bits per heavy atom. The molecule has 0 radical (unpaired) electrons. The lowest BCUT2D eigenvalue weighted by Crippen LogP contribution is -2.06. The molecule has 98 valence electrons. The van der Waals surface area contributed by atoms with Gasteiger partial charge in [-0.3, -0.25) is 0 Å². The Balaban J connectivity index is 2.23. The van der Waals surface area contributed by atoms with Crippen molar-refractivity contribution >= 4 is 11.9 Å². The van der Waals surface area contributed by atoms with E-state index in [4.69, 9.17) is 5.26 Å². The van der Waals surface area contributed by atoms with Crippen molar-refractivity contribution in [2.45, 2.75) is 11.8 Å². The second-order valence-corrected chi connectivity index (χ2v) is 5.61. The van der Waals surface area contributed by atoms with Crippen molar-refractivity contribution < 1.29 is 0 Å². The van der Waals surface area contributed by atoms with Crippen molar-refractivity contribution in [2.75, 3.05) is 13.6 Å². The van der Waals surface area contributed by atoms with Crippen LogP contribution >= 0.6 is 11.9 Å². The molecule has 2 rings (SSSR count). The monoisotopic (exact) mass is 271 g/mol. The highest BCUT2D eigenvalue weighted by molar-refractivity contribution is 7.97. The van der Waals surface area contributed by atoms with Gasteiger partial charge in [-0.2, -0.15) is 5.26 Å². The molecule has 0 unspecified atom stereocenters. The van der Waals surface area contributed by atoms with E-state index in [-0.39, 0.29) is 0 Å². The smallest absolute Gasteiger partial charge is 0.120 e. The second-order valence-electron chi connectivity index (χ2n) is 4.33. The molecule has 2 aromatic rings. The largest absolute Gasteiger partial charge is 0.335 e. The van der Waals surface area contributed by atoms with E-state index in [1.54, 1.807) is 11.9 Å². The van der Waals surface area contributed by atoms with Gasteiger partial charge in [0.15, 0.2) is 0 Å². The first kappa shape index (κ1) is 13.7. The Morgan fingerprint density at radius 2 is 1.89 bits per heavy atom. The summed E-state index contributed by atoms with van der Waals surface area (Å²) < 4.78 is 4.10. The predicted octanol–water partition coefficient (Wildman–Crippen LogP) is 3.52. The van der Waals surface area contributed by atoms with Crippen LogP contribution in [0, 0.1) is 11.3 Å². The van der Waals surface area contributed by atoms with Crippen molar-refractivity contribution in [3.63, 3.8) is 0 Å². The molecule has 1 aromatic heterocycles. The standard InChI is InChI=1S/C15H17N3S/c1-4-17(2)19-14-8-5-12(6-9-14)15-10-7-13(11-16)18(15)3/h5-10H,4H2,1-3H3. The predicted molar refractivity (Wildman–Crippen MR) is 79.7 cm³/mol. The third-order valence-electron chi connectivity index (χ3n) is 3.09. The van der Waals surface area contributed by atoms with Gasteiger partial charge in [-0.05, 0) is 48.8 Å². The van der Waals surface area contributed by atoms with E-state index < -0.39 is 0 Å². The molecule has 1 heterocycles. The Hall–Kier alpha value is -1.70. The first-order valence-electron chi connectivity index (χ1n) is 6.21. The molecule has 0 saturated heterocycles. The van der Waals surface area contributed by atoms with E-state index in [1.165, 1.54) is 4.90 Å². The molecule has 0 amide bonds. The maximum Gasteiger partial charge on any atom is 0.120 e. The summed E-state index contributed by atoms with van der Waals surface area (Å²) in [5.74, 6) is 0. The molecule has 0 aliphatic heterocycles. The molecular weight excluding hydrogens is 254 g/mol. The zero-order chi connectivity index (χ0) is 13.8. The molecule has 0 fully saturated rings. The SMILES string of the molecule is CCN(C)Sc1ccc(-c2ccc(C#N)n2C)cc1. The molecule has 3 nitrogen and oxygen atoms in total. The van der Waals surface area contributed by atoms with Gasteiger partial charge in [-0.1, -0.05) is 19.1 Å². The zero-order valence-corrected chi connectivity index (χ0v) is 12.2. The summed E-state index contributed by atoms with van der Waals surface area (Å²) in [5, 5.41) is 8.97. The van der Waals surface area contributed by atoms with Gasteiger partial charge in [0.1, 0.15) is 11.8 Å². The van der Waals surface area contributed by atoms with Crippen LogP contribution < -0.4 is 0 Å². The van der Waals surface area contributed by atoms with Crippen LogP contribution in [0.5, 0.6) is 0 Å². The van der Waals surface area contributed by atoms with Crippen LogP contribution in [0.1, 0.15) is 12.6 Å². The summed E-state index contributed by atoms with van der Waals surface area (Å²) in [6.45, 7) is 3.14. The van der Waals surface area contributed by atoms with Crippen LogP contribution in [0.2, 0.25) is 0 Å². The van der Waals surface area contributed by atoms with Gasteiger partial charge in [-0.25, -0.2) is 4.31 Å². The van der Waals surface area contributed by atoms with E-state index in [1.807, 2.05) is 23.7 Å². The number of hydrogen-bond acceptors (Lipinski definition) is 3. The normalized spacial score (nSPS) is 10.7. The lowest BCUT2D eigenvalue weighted by atomic mass is 10.1. The third-order valence-corrected chi connectivity index (χ3v) is 4.15. The fraction of sp³-hybridized carbons (Fsp3) is 0.267. The van der Waals surface area contributed by atoms with Gasteiger partial charge in [0.05, 0.1) is 0 Å². The molecule has 1 aromatic carbocycles. The Kier molecular flexibility index (Phi) is 4.31. The summed E-state index contributed by atoms with van der Waals surface area (Å²) in [6.07, 6.45) is 0. The summed E-state index contributed by atoms with van der Waals surface area (Å²) in [4.78, 5) is 1.22. The third kappa shape index (κ3) is 3.01. The van der Waals surface area contributed by atoms with Crippen molar-refractivity contribution in [2.24, 2.45) is 7.05 Å². The lowest BCUT2D eigenvalue weighted by Gasteiger charge is -2.12. The maximum atomic E-state index is 8.97. The minimum Gasteiger partial charge on any atom is -0.335 e. The highest BCUT2D eigenvalue weighted by Crippen LogP contribution is 2.26. The number of aromatic nitrogens is 1. The molecule has 0 atom stereocenters. The number of nitriles is 1. The maximum absolute atomic E-state index is 8.97. The number of nitrogens with zero attached hydrogens (tertiary/aromatic N) is 3. The number of hydrogen-bond donors (Lipinski definition) is 0. The first-order chi connectivity index (χ1) is 9.15. The van der Waals surface area contributed by atoms with Crippen molar-refractivity contribution in [3.8, 4) is 17.3 Å². The summed E-state index contributed by atoms with van der Waals surface area (Å²) >= 11 is 1.74. The van der Waals surface area contributed by atoms with E-state index in [0.29, 0.717) is 5.69 Å². The van der Waals surface area contributed by atoms with Gasteiger partial charge in [-0.15, -0.1) is 0 Å². The highest BCUT2D eigenvalue weighted by atomic mass is 32.2. The Morgan fingerprint density at radius 3 is 2.42 bits per heavy atom. The molecule has 0 bridgehead atoms. The fourth-order valence-corrected chi connectivity index (χ4v) is 2.59. The zero-order valence-electron chi connectivity index (χ0n) is 11.4. The Bertz CT molecular complexity index is 593. The number of rotatable bonds is 4. The van der Waals surface area contributed by atoms with Gasteiger partial charge >= 0.3 is 0 Å². The topological polar surface area (TPSA) is 32.0 Å².